The number of aliphatic hydroxyl groups is 1. The summed E-state index contributed by atoms with van der Waals surface area (Å²) in [5.74, 6) is 5.08. The van der Waals surface area contributed by atoms with Gasteiger partial charge in [-0.05, 0) is 13.1 Å². The summed E-state index contributed by atoms with van der Waals surface area (Å²) >= 11 is 1.58. The fourth-order valence-corrected chi connectivity index (χ4v) is 2.15. The topological polar surface area (TPSA) is 66.6 Å². The van der Waals surface area contributed by atoms with Crippen molar-refractivity contribution in [3.05, 3.63) is 21.9 Å². The zero-order valence-electron chi connectivity index (χ0n) is 9.06. The number of rotatable bonds is 4. The summed E-state index contributed by atoms with van der Waals surface area (Å²) in [4.78, 5) is 13.6. The van der Waals surface area contributed by atoms with Gasteiger partial charge in [-0.2, -0.15) is 0 Å². The lowest BCUT2D eigenvalue weighted by Gasteiger charge is -2.12. The Morgan fingerprint density at radius 2 is 2.44 bits per heavy atom. The molecule has 1 rings (SSSR count). The first-order valence-electron chi connectivity index (χ1n) is 4.76. The van der Waals surface area contributed by atoms with Crippen molar-refractivity contribution in [3.63, 3.8) is 0 Å². The van der Waals surface area contributed by atoms with Crippen molar-refractivity contribution < 1.29 is 9.90 Å². The van der Waals surface area contributed by atoms with Gasteiger partial charge in [0.1, 0.15) is 6.61 Å². The number of nitrogens with two attached hydrogens (primary N) is 1. The van der Waals surface area contributed by atoms with E-state index in [0.717, 1.165) is 10.4 Å². The summed E-state index contributed by atoms with van der Waals surface area (Å²) in [6.45, 7) is 0.788. The Balaban J connectivity index is 2.54. The number of nitrogens with zero attached hydrogens (tertiary/aromatic N) is 1. The Hall–Kier alpha value is -1.35. The fourth-order valence-electron chi connectivity index (χ4n) is 1.26. The standard InChI is InChI=1S/C11H14N2O2S/c1-13(7-11(12)15)6-10-5-9(8-16-10)3-2-4-14/h5,8,14H,4,6-7H2,1H3,(H2,12,15). The molecule has 1 heterocycles. The van der Waals surface area contributed by atoms with Crippen LogP contribution >= 0.6 is 11.3 Å². The molecule has 0 saturated heterocycles. The molecule has 0 aliphatic rings. The van der Waals surface area contributed by atoms with E-state index in [1.807, 2.05) is 23.4 Å². The highest BCUT2D eigenvalue weighted by Gasteiger charge is 2.05. The SMILES string of the molecule is CN(CC(N)=O)Cc1cc(C#CCO)cs1. The highest BCUT2D eigenvalue weighted by Crippen LogP contribution is 2.15. The van der Waals surface area contributed by atoms with Crippen molar-refractivity contribution >= 4 is 17.2 Å². The highest BCUT2D eigenvalue weighted by atomic mass is 32.1. The molecule has 1 aromatic rings. The quantitative estimate of drug-likeness (QED) is 0.726. The van der Waals surface area contributed by atoms with Gasteiger partial charge in [0.15, 0.2) is 0 Å². The maximum atomic E-state index is 10.7. The third-order valence-electron chi connectivity index (χ3n) is 1.82. The Bertz CT molecular complexity index is 417. The maximum Gasteiger partial charge on any atom is 0.231 e. The van der Waals surface area contributed by atoms with Crippen molar-refractivity contribution in [2.45, 2.75) is 6.54 Å². The molecule has 0 bridgehead atoms. The molecule has 0 saturated carbocycles. The molecule has 5 heteroatoms. The third-order valence-corrected chi connectivity index (χ3v) is 2.74. The Morgan fingerprint density at radius 3 is 3.06 bits per heavy atom. The smallest absolute Gasteiger partial charge is 0.231 e. The van der Waals surface area contributed by atoms with Gasteiger partial charge in [0.25, 0.3) is 0 Å². The average Bonchev–Trinajstić information content (AvgIpc) is 2.61. The second-order valence-corrected chi connectivity index (χ2v) is 4.40. The monoisotopic (exact) mass is 238 g/mol. The Labute approximate surface area is 98.7 Å². The van der Waals surface area contributed by atoms with E-state index in [1.54, 1.807) is 11.3 Å². The second kappa shape index (κ2) is 6.28. The van der Waals surface area contributed by atoms with E-state index in [-0.39, 0.29) is 19.1 Å². The van der Waals surface area contributed by atoms with E-state index in [2.05, 4.69) is 11.8 Å². The van der Waals surface area contributed by atoms with Crippen LogP contribution in [0.5, 0.6) is 0 Å². The van der Waals surface area contributed by atoms with Crippen LogP contribution in [0.3, 0.4) is 0 Å². The van der Waals surface area contributed by atoms with E-state index < -0.39 is 0 Å². The molecular formula is C11H14N2O2S. The molecule has 4 nitrogen and oxygen atoms in total. The van der Waals surface area contributed by atoms with Gasteiger partial charge in [-0.3, -0.25) is 9.69 Å². The molecule has 3 N–H and O–H groups in total. The van der Waals surface area contributed by atoms with Gasteiger partial charge in [0.2, 0.25) is 5.91 Å². The van der Waals surface area contributed by atoms with Crippen LogP contribution in [-0.4, -0.2) is 36.1 Å². The predicted octanol–water partition coefficient (Wildman–Crippen LogP) is 0.00900. The van der Waals surface area contributed by atoms with Gasteiger partial charge >= 0.3 is 0 Å². The highest BCUT2D eigenvalue weighted by molar-refractivity contribution is 7.10. The number of thiophene rings is 1. The molecular weight excluding hydrogens is 224 g/mol. The molecule has 0 unspecified atom stereocenters. The van der Waals surface area contributed by atoms with Crippen LogP contribution in [0.25, 0.3) is 0 Å². The fraction of sp³-hybridized carbons (Fsp3) is 0.364. The van der Waals surface area contributed by atoms with Gasteiger partial charge in [-0.1, -0.05) is 11.8 Å². The number of amides is 1. The first-order chi connectivity index (χ1) is 7.61. The number of hydrogen-bond donors (Lipinski definition) is 2. The van der Waals surface area contributed by atoms with Gasteiger partial charge in [-0.25, -0.2) is 0 Å². The van der Waals surface area contributed by atoms with Crippen molar-refractivity contribution in [2.24, 2.45) is 5.73 Å². The van der Waals surface area contributed by atoms with E-state index in [1.165, 1.54) is 0 Å². The molecule has 1 aromatic heterocycles. The largest absolute Gasteiger partial charge is 0.384 e. The first kappa shape index (κ1) is 12.7. The van der Waals surface area contributed by atoms with Crippen molar-refractivity contribution in [1.82, 2.24) is 4.90 Å². The van der Waals surface area contributed by atoms with Gasteiger partial charge < -0.3 is 10.8 Å². The van der Waals surface area contributed by atoms with E-state index in [0.29, 0.717) is 6.54 Å². The van der Waals surface area contributed by atoms with Crippen molar-refractivity contribution in [1.29, 1.82) is 0 Å². The van der Waals surface area contributed by atoms with Gasteiger partial charge in [-0.15, -0.1) is 11.3 Å². The van der Waals surface area contributed by atoms with Gasteiger partial charge in [0, 0.05) is 22.4 Å². The van der Waals surface area contributed by atoms with Crippen molar-refractivity contribution in [3.8, 4) is 11.8 Å². The average molecular weight is 238 g/mol. The molecule has 0 radical (unpaired) electrons. The summed E-state index contributed by atoms with van der Waals surface area (Å²) < 4.78 is 0. The number of hydrogen-bond acceptors (Lipinski definition) is 4. The summed E-state index contributed by atoms with van der Waals surface area (Å²) in [7, 11) is 1.84. The zero-order chi connectivity index (χ0) is 12.0. The summed E-state index contributed by atoms with van der Waals surface area (Å²) in [5, 5.41) is 10.5. The molecule has 1 amide bonds. The lowest BCUT2D eigenvalue weighted by atomic mass is 10.3. The number of aliphatic hydroxyl groups excluding tert-OH is 1. The van der Waals surface area contributed by atoms with Crippen LogP contribution in [0.4, 0.5) is 0 Å². The summed E-state index contributed by atoms with van der Waals surface area (Å²) in [6, 6.07) is 1.95. The molecule has 0 atom stereocenters. The van der Waals surface area contributed by atoms with E-state index in [9.17, 15) is 4.79 Å². The number of likely N-dealkylation sites (N-methyl/N-ethyl adjacent to an activating group) is 1. The third kappa shape index (κ3) is 4.45. The lowest BCUT2D eigenvalue weighted by Crippen LogP contribution is -2.29. The lowest BCUT2D eigenvalue weighted by molar-refractivity contribution is -0.118. The minimum Gasteiger partial charge on any atom is -0.384 e. The molecule has 16 heavy (non-hydrogen) atoms. The predicted molar refractivity (Wildman–Crippen MR) is 63.8 cm³/mol. The summed E-state index contributed by atoms with van der Waals surface area (Å²) in [6.07, 6.45) is 0. The van der Waals surface area contributed by atoms with Crippen LogP contribution in [0.15, 0.2) is 11.4 Å². The molecule has 86 valence electrons. The maximum absolute atomic E-state index is 10.7. The van der Waals surface area contributed by atoms with Gasteiger partial charge in [0.05, 0.1) is 6.54 Å². The number of primary amides is 1. The van der Waals surface area contributed by atoms with E-state index in [4.69, 9.17) is 10.8 Å². The van der Waals surface area contributed by atoms with E-state index >= 15 is 0 Å². The normalized spacial score (nSPS) is 9.94. The minimum atomic E-state index is -0.334. The summed E-state index contributed by atoms with van der Waals surface area (Å²) in [5.41, 5.74) is 5.98. The van der Waals surface area contributed by atoms with Crippen LogP contribution < -0.4 is 5.73 Å². The Morgan fingerprint density at radius 1 is 1.69 bits per heavy atom. The molecule has 0 fully saturated rings. The van der Waals surface area contributed by atoms with Crippen LogP contribution in [0.1, 0.15) is 10.4 Å². The number of carbonyl (C=O) groups is 1. The Kier molecular flexibility index (Phi) is 4.99. The van der Waals surface area contributed by atoms with Crippen LogP contribution in [0.2, 0.25) is 0 Å². The van der Waals surface area contributed by atoms with Crippen LogP contribution in [0, 0.1) is 11.8 Å². The second-order valence-electron chi connectivity index (χ2n) is 3.40. The number of carbonyl (C=O) groups excluding carboxylic acids is 1. The molecule has 0 aromatic carbocycles. The zero-order valence-corrected chi connectivity index (χ0v) is 9.88. The van der Waals surface area contributed by atoms with Crippen LogP contribution in [-0.2, 0) is 11.3 Å². The molecule has 0 aliphatic heterocycles. The molecule has 0 spiro atoms. The minimum absolute atomic E-state index is 0.132. The van der Waals surface area contributed by atoms with Crippen molar-refractivity contribution in [2.75, 3.05) is 20.2 Å². The first-order valence-corrected chi connectivity index (χ1v) is 5.63. The molecule has 0 aliphatic carbocycles.